The van der Waals surface area contributed by atoms with Gasteiger partial charge in [-0.3, -0.25) is 0 Å². The zero-order valence-electron chi connectivity index (χ0n) is 15.1. The molecule has 0 saturated heterocycles. The Morgan fingerprint density at radius 2 is 1.96 bits per heavy atom. The Bertz CT molecular complexity index is 747. The van der Waals surface area contributed by atoms with Gasteiger partial charge in [-0.1, -0.05) is 37.0 Å². The van der Waals surface area contributed by atoms with Gasteiger partial charge in [0.05, 0.1) is 23.7 Å². The Morgan fingerprint density at radius 1 is 1.23 bits per heavy atom. The number of rotatable bonds is 9. The van der Waals surface area contributed by atoms with Crippen LogP contribution in [0, 0.1) is 0 Å². The summed E-state index contributed by atoms with van der Waals surface area (Å²) < 4.78 is 4.80. The summed E-state index contributed by atoms with van der Waals surface area (Å²) in [6.45, 7) is 7.80. The molecule has 1 aromatic carbocycles. The van der Waals surface area contributed by atoms with Crippen LogP contribution in [-0.4, -0.2) is 52.6 Å². The first-order valence-corrected chi connectivity index (χ1v) is 9.21. The number of methoxy groups -OCH3 is 1. The van der Waals surface area contributed by atoms with E-state index in [2.05, 4.69) is 34.3 Å². The highest BCUT2D eigenvalue weighted by atomic mass is 35.5. The highest BCUT2D eigenvalue weighted by molar-refractivity contribution is 6.42. The molecule has 0 bridgehead atoms. The number of aryl methyl sites for hydroxylation is 1. The second kappa shape index (κ2) is 9.75. The Balaban J connectivity index is 2.14. The number of ether oxygens (including phenoxy) is 1. The molecule has 26 heavy (non-hydrogen) atoms. The molecule has 1 heterocycles. The summed E-state index contributed by atoms with van der Waals surface area (Å²) in [4.78, 5) is 15.8. The molecule has 0 atom stereocenters. The Morgan fingerprint density at radius 3 is 2.58 bits per heavy atom. The number of hydrogen-bond acceptors (Lipinski definition) is 6. The van der Waals surface area contributed by atoms with Crippen molar-refractivity contribution < 1.29 is 9.53 Å². The molecule has 0 radical (unpaired) electrons. The first-order chi connectivity index (χ1) is 12.5. The van der Waals surface area contributed by atoms with Gasteiger partial charge in [-0.25, -0.2) is 4.79 Å². The van der Waals surface area contributed by atoms with Crippen molar-refractivity contribution in [2.45, 2.75) is 26.8 Å². The number of aromatic nitrogens is 3. The summed E-state index contributed by atoms with van der Waals surface area (Å²) >= 11 is 12.0. The van der Waals surface area contributed by atoms with E-state index < -0.39 is 5.97 Å². The summed E-state index contributed by atoms with van der Waals surface area (Å²) in [7, 11) is 1.31. The van der Waals surface area contributed by atoms with Crippen molar-refractivity contribution in [3.8, 4) is 0 Å². The number of halogens is 2. The van der Waals surface area contributed by atoms with Crippen LogP contribution in [0.4, 0.5) is 11.5 Å². The van der Waals surface area contributed by atoms with Crippen molar-refractivity contribution in [2.24, 2.45) is 0 Å². The van der Waals surface area contributed by atoms with Gasteiger partial charge in [0, 0.05) is 5.69 Å². The predicted octanol–water partition coefficient (Wildman–Crippen LogP) is 3.85. The molecule has 0 aliphatic heterocycles. The van der Waals surface area contributed by atoms with Crippen molar-refractivity contribution in [2.75, 3.05) is 32.1 Å². The van der Waals surface area contributed by atoms with Gasteiger partial charge < -0.3 is 15.0 Å². The van der Waals surface area contributed by atoms with Gasteiger partial charge in [-0.2, -0.15) is 4.80 Å². The lowest BCUT2D eigenvalue weighted by Crippen LogP contribution is -2.25. The Kier molecular flexibility index (Phi) is 7.68. The van der Waals surface area contributed by atoms with Crippen molar-refractivity contribution >= 4 is 40.7 Å². The van der Waals surface area contributed by atoms with Crippen LogP contribution in [0.5, 0.6) is 0 Å². The van der Waals surface area contributed by atoms with Crippen LogP contribution in [0.3, 0.4) is 0 Å². The molecule has 2 aromatic rings. The average molecular weight is 400 g/mol. The van der Waals surface area contributed by atoms with E-state index in [-0.39, 0.29) is 5.69 Å². The molecule has 9 heteroatoms. The molecule has 0 fully saturated rings. The highest BCUT2D eigenvalue weighted by Crippen LogP contribution is 2.27. The van der Waals surface area contributed by atoms with Crippen LogP contribution in [0.1, 0.15) is 30.8 Å². The fourth-order valence-corrected chi connectivity index (χ4v) is 2.75. The normalized spacial score (nSPS) is 11.0. The maximum atomic E-state index is 12.0. The molecule has 0 saturated carbocycles. The van der Waals surface area contributed by atoms with Gasteiger partial charge in [0.15, 0.2) is 5.82 Å². The highest BCUT2D eigenvalue weighted by Gasteiger charge is 2.20. The van der Waals surface area contributed by atoms with E-state index in [0.717, 1.165) is 26.1 Å². The van der Waals surface area contributed by atoms with Crippen LogP contribution in [0.15, 0.2) is 18.2 Å². The molecular formula is C17H23Cl2N5O2. The van der Waals surface area contributed by atoms with E-state index in [9.17, 15) is 4.79 Å². The monoisotopic (exact) mass is 399 g/mol. The quantitative estimate of drug-likeness (QED) is 0.645. The number of benzene rings is 1. The molecule has 142 valence electrons. The van der Waals surface area contributed by atoms with Crippen LogP contribution in [-0.2, 0) is 11.3 Å². The van der Waals surface area contributed by atoms with Gasteiger partial charge >= 0.3 is 5.97 Å². The average Bonchev–Trinajstić information content (AvgIpc) is 3.04. The third-order valence-electron chi connectivity index (χ3n) is 3.94. The summed E-state index contributed by atoms with van der Waals surface area (Å²) in [5.74, 6) is -0.236. The number of esters is 1. The van der Waals surface area contributed by atoms with Crippen LogP contribution in [0.25, 0.3) is 0 Å². The Hall–Kier alpha value is -1.83. The van der Waals surface area contributed by atoms with Crippen LogP contribution >= 0.6 is 23.2 Å². The summed E-state index contributed by atoms with van der Waals surface area (Å²) in [5, 5.41) is 12.5. The number of nitrogens with zero attached hydrogens (tertiary/aromatic N) is 4. The van der Waals surface area contributed by atoms with Crippen molar-refractivity contribution in [1.29, 1.82) is 0 Å². The molecule has 0 amide bonds. The number of carbonyl (C=O) groups is 1. The van der Waals surface area contributed by atoms with E-state index in [1.54, 1.807) is 18.2 Å². The maximum absolute atomic E-state index is 12.0. The van der Waals surface area contributed by atoms with Gasteiger partial charge in [0.2, 0.25) is 5.69 Å². The standard InChI is InChI=1S/C17H23Cl2N5O2/c1-4-23(5-2)9-6-10-24-21-15(17(25)26-3)16(22-24)20-12-7-8-13(18)14(19)11-12/h7-8,11H,4-6,9-10H2,1-3H3,(H,20,22). The fraction of sp³-hybridized carbons (Fsp3) is 0.471. The minimum atomic E-state index is -0.553. The zero-order valence-corrected chi connectivity index (χ0v) is 16.6. The summed E-state index contributed by atoms with van der Waals surface area (Å²) in [5.41, 5.74) is 0.779. The first-order valence-electron chi connectivity index (χ1n) is 8.46. The van der Waals surface area contributed by atoms with Crippen molar-refractivity contribution in [3.63, 3.8) is 0 Å². The minimum absolute atomic E-state index is 0.126. The number of hydrogen-bond donors (Lipinski definition) is 1. The SMILES string of the molecule is CCN(CC)CCCn1nc(Nc2ccc(Cl)c(Cl)c2)c(C(=O)OC)n1. The van der Waals surface area contributed by atoms with E-state index in [4.69, 9.17) is 27.9 Å². The fourth-order valence-electron chi connectivity index (χ4n) is 2.45. The smallest absolute Gasteiger partial charge is 0.362 e. The molecule has 0 aliphatic rings. The van der Waals surface area contributed by atoms with Crippen molar-refractivity contribution in [1.82, 2.24) is 19.9 Å². The second-order valence-electron chi connectivity index (χ2n) is 5.62. The maximum Gasteiger partial charge on any atom is 0.362 e. The molecule has 1 N–H and O–H groups in total. The van der Waals surface area contributed by atoms with Gasteiger partial charge in [-0.05, 0) is 44.3 Å². The molecule has 0 unspecified atom stereocenters. The number of anilines is 2. The van der Waals surface area contributed by atoms with E-state index in [1.165, 1.54) is 11.9 Å². The van der Waals surface area contributed by atoms with Gasteiger partial charge in [0.25, 0.3) is 0 Å². The van der Waals surface area contributed by atoms with E-state index in [0.29, 0.717) is 28.1 Å². The Labute approximate surface area is 163 Å². The molecule has 1 aromatic heterocycles. The predicted molar refractivity (Wildman–Crippen MR) is 104 cm³/mol. The number of nitrogens with one attached hydrogen (secondary N) is 1. The lowest BCUT2D eigenvalue weighted by atomic mass is 10.3. The lowest BCUT2D eigenvalue weighted by molar-refractivity contribution is 0.0594. The van der Waals surface area contributed by atoms with Crippen molar-refractivity contribution in [3.05, 3.63) is 33.9 Å². The van der Waals surface area contributed by atoms with Gasteiger partial charge in [-0.15, -0.1) is 10.2 Å². The minimum Gasteiger partial charge on any atom is -0.464 e. The lowest BCUT2D eigenvalue weighted by Gasteiger charge is -2.17. The van der Waals surface area contributed by atoms with E-state index >= 15 is 0 Å². The second-order valence-corrected chi connectivity index (χ2v) is 6.43. The molecule has 2 rings (SSSR count). The first kappa shape index (κ1) is 20.5. The van der Waals surface area contributed by atoms with Crippen LogP contribution in [0.2, 0.25) is 10.0 Å². The topological polar surface area (TPSA) is 72.3 Å². The molecular weight excluding hydrogens is 377 g/mol. The molecule has 7 nitrogen and oxygen atoms in total. The zero-order chi connectivity index (χ0) is 19.1. The summed E-state index contributed by atoms with van der Waals surface area (Å²) in [6.07, 6.45) is 0.878. The number of carbonyl (C=O) groups excluding carboxylic acids is 1. The van der Waals surface area contributed by atoms with Crippen LogP contribution < -0.4 is 5.32 Å². The largest absolute Gasteiger partial charge is 0.464 e. The summed E-state index contributed by atoms with van der Waals surface area (Å²) in [6, 6.07) is 5.07. The third-order valence-corrected chi connectivity index (χ3v) is 4.68. The molecule has 0 spiro atoms. The molecule has 0 aliphatic carbocycles. The van der Waals surface area contributed by atoms with E-state index in [1.807, 2.05) is 0 Å². The van der Waals surface area contributed by atoms with Gasteiger partial charge in [0.1, 0.15) is 0 Å². The third kappa shape index (κ3) is 5.33.